The molecule has 3 aliphatic rings. The van der Waals surface area contributed by atoms with E-state index in [2.05, 4.69) is 10.3 Å². The van der Waals surface area contributed by atoms with Gasteiger partial charge in [0.25, 0.3) is 0 Å². The summed E-state index contributed by atoms with van der Waals surface area (Å²) in [5, 5.41) is 5.30. The molecule has 0 aliphatic carbocycles. The number of quaternary nitrogens is 1. The van der Waals surface area contributed by atoms with Gasteiger partial charge in [0.15, 0.2) is 11.1 Å². The van der Waals surface area contributed by atoms with Gasteiger partial charge in [0, 0.05) is 24.4 Å². The van der Waals surface area contributed by atoms with Gasteiger partial charge in [-0.2, -0.15) is 0 Å². The third kappa shape index (κ3) is 5.26. The molecule has 1 N–H and O–H groups in total. The predicted octanol–water partition coefficient (Wildman–Crippen LogP) is 4.73. The monoisotopic (exact) mass is 498 g/mol. The van der Waals surface area contributed by atoms with Crippen molar-refractivity contribution in [2.45, 2.75) is 25.0 Å². The average Bonchev–Trinajstić information content (AvgIpc) is 3.38. The van der Waals surface area contributed by atoms with Crippen LogP contribution in [0.25, 0.3) is 0 Å². The predicted molar refractivity (Wildman–Crippen MR) is 127 cm³/mol. The molecule has 1 amide bonds. The van der Waals surface area contributed by atoms with Crippen LogP contribution in [0.1, 0.15) is 39.9 Å². The summed E-state index contributed by atoms with van der Waals surface area (Å²) >= 11 is 1.34. The number of carbonyl (C=O) groups is 2. The number of aromatic nitrogens is 1. The van der Waals surface area contributed by atoms with Crippen LogP contribution in [0.2, 0.25) is 0 Å². The molecule has 0 radical (unpaired) electrons. The zero-order chi connectivity index (χ0) is 24.4. The van der Waals surface area contributed by atoms with Crippen LogP contribution in [0, 0.1) is 17.6 Å². The fourth-order valence-electron chi connectivity index (χ4n) is 5.37. The fourth-order valence-corrected chi connectivity index (χ4v) is 5.94. The summed E-state index contributed by atoms with van der Waals surface area (Å²) < 4.78 is 34.2. The molecule has 3 aromatic rings. The number of fused-ring (bicyclic) bond motifs is 3. The molecular formula is C26H26F2N3O3S+. The Bertz CT molecular complexity index is 1170. The average molecular weight is 499 g/mol. The Labute approximate surface area is 206 Å². The number of Topliss-reactive ketones (excluding diaryl/α,β-unsaturated/α-hetero) is 1. The van der Waals surface area contributed by atoms with E-state index in [1.165, 1.54) is 47.7 Å². The molecule has 0 unspecified atom stereocenters. The standard InChI is InChI=1S/C26H25F2N3O3S/c27-20-5-1-3-18(13-20)24(19-4-2-6-21(28)14-19)34-26(33)30-22-15-31(10-7-17(22)8-11-31)16-23(32)25-29-9-12-35-25/h1-6,9,12-14,17,22,24H,7-8,10-11,15-16H2/p+1/t17?,22-,31?/m0/s1. The lowest BCUT2D eigenvalue weighted by Gasteiger charge is -2.52. The molecule has 9 heteroatoms. The van der Waals surface area contributed by atoms with E-state index in [1.54, 1.807) is 23.7 Å². The molecule has 1 aromatic heterocycles. The number of amides is 1. The van der Waals surface area contributed by atoms with Crippen molar-refractivity contribution in [2.75, 3.05) is 26.2 Å². The Balaban J connectivity index is 1.30. The molecule has 6 nitrogen and oxygen atoms in total. The van der Waals surface area contributed by atoms with Crippen LogP contribution in [0.4, 0.5) is 13.6 Å². The minimum atomic E-state index is -0.961. The highest BCUT2D eigenvalue weighted by Gasteiger charge is 2.47. The van der Waals surface area contributed by atoms with E-state index in [4.69, 9.17) is 4.74 Å². The Morgan fingerprint density at radius 2 is 1.74 bits per heavy atom. The summed E-state index contributed by atoms with van der Waals surface area (Å²) in [4.78, 5) is 29.9. The van der Waals surface area contributed by atoms with Crippen LogP contribution in [0.3, 0.4) is 0 Å². The number of thiazole rings is 1. The first kappa shape index (κ1) is 23.6. The van der Waals surface area contributed by atoms with Gasteiger partial charge in [0.05, 0.1) is 25.7 Å². The number of alkyl carbamates (subject to hydrolysis) is 1. The highest BCUT2D eigenvalue weighted by atomic mass is 32.1. The lowest BCUT2D eigenvalue weighted by Crippen LogP contribution is -2.68. The van der Waals surface area contributed by atoms with Crippen molar-refractivity contribution in [2.24, 2.45) is 5.92 Å². The Kier molecular flexibility index (Phi) is 6.62. The van der Waals surface area contributed by atoms with E-state index in [-0.39, 0.29) is 11.8 Å². The number of ether oxygens (including phenoxy) is 1. The first-order chi connectivity index (χ1) is 16.9. The molecule has 2 aromatic carbocycles. The van der Waals surface area contributed by atoms with E-state index in [0.29, 0.717) is 39.6 Å². The van der Waals surface area contributed by atoms with E-state index >= 15 is 0 Å². The molecule has 4 heterocycles. The number of halogens is 2. The molecule has 3 fully saturated rings. The van der Waals surface area contributed by atoms with Gasteiger partial charge in [0.1, 0.15) is 18.2 Å². The van der Waals surface area contributed by atoms with Crippen LogP contribution in [-0.4, -0.2) is 53.6 Å². The van der Waals surface area contributed by atoms with Gasteiger partial charge in [-0.1, -0.05) is 24.3 Å². The summed E-state index contributed by atoms with van der Waals surface area (Å²) in [6.07, 6.45) is 1.85. The highest BCUT2D eigenvalue weighted by molar-refractivity contribution is 7.11. The first-order valence-electron chi connectivity index (χ1n) is 11.7. The lowest BCUT2D eigenvalue weighted by atomic mass is 9.81. The molecule has 182 valence electrons. The zero-order valence-electron chi connectivity index (χ0n) is 19.0. The third-order valence-electron chi connectivity index (χ3n) is 7.08. The van der Waals surface area contributed by atoms with Crippen molar-refractivity contribution in [1.82, 2.24) is 10.3 Å². The maximum Gasteiger partial charge on any atom is 0.408 e. The quantitative estimate of drug-likeness (QED) is 0.378. The SMILES string of the molecule is O=C(N[C@H]1C[N+]2(CC(=O)c3nccs3)CCC1CC2)OC(c1cccc(F)c1)c1cccc(F)c1. The summed E-state index contributed by atoms with van der Waals surface area (Å²) in [7, 11) is 0. The second-order valence-corrected chi connectivity index (χ2v) is 10.3. The number of hydrogen-bond acceptors (Lipinski definition) is 5. The molecule has 6 rings (SSSR count). The molecule has 35 heavy (non-hydrogen) atoms. The number of nitrogens with one attached hydrogen (secondary N) is 1. The van der Waals surface area contributed by atoms with Crippen molar-refractivity contribution < 1.29 is 27.6 Å². The van der Waals surface area contributed by atoms with Crippen molar-refractivity contribution in [3.05, 3.63) is 87.9 Å². The van der Waals surface area contributed by atoms with Gasteiger partial charge in [-0.25, -0.2) is 18.6 Å². The van der Waals surface area contributed by atoms with E-state index in [1.807, 2.05) is 0 Å². The second-order valence-electron chi connectivity index (χ2n) is 9.37. The second kappa shape index (κ2) is 9.83. The smallest absolute Gasteiger partial charge is 0.408 e. The molecular weight excluding hydrogens is 472 g/mol. The molecule has 0 saturated carbocycles. The molecule has 1 atom stereocenters. The molecule has 2 bridgehead atoms. The van der Waals surface area contributed by atoms with Gasteiger partial charge in [-0.3, -0.25) is 4.79 Å². The van der Waals surface area contributed by atoms with Gasteiger partial charge in [-0.05, 0) is 41.3 Å². The first-order valence-corrected chi connectivity index (χ1v) is 12.5. The van der Waals surface area contributed by atoms with Gasteiger partial charge in [0.2, 0.25) is 5.78 Å². The van der Waals surface area contributed by atoms with Crippen molar-refractivity contribution in [3.63, 3.8) is 0 Å². The fraction of sp³-hybridized carbons (Fsp3) is 0.346. The van der Waals surface area contributed by atoms with E-state index < -0.39 is 23.8 Å². The summed E-state index contributed by atoms with van der Waals surface area (Å²) in [6.45, 7) is 2.79. The number of nitrogens with zero attached hydrogens (tertiary/aromatic N) is 2. The Hall–Kier alpha value is -3.17. The van der Waals surface area contributed by atoms with Crippen molar-refractivity contribution in [1.29, 1.82) is 0 Å². The van der Waals surface area contributed by atoms with Crippen LogP contribution in [0.15, 0.2) is 60.1 Å². The normalized spacial score (nSPS) is 23.3. The minimum absolute atomic E-state index is 0.0268. The topological polar surface area (TPSA) is 68.3 Å². The number of benzene rings is 2. The largest absolute Gasteiger partial charge is 0.436 e. The summed E-state index contributed by atoms with van der Waals surface area (Å²) in [5.74, 6) is -0.610. The third-order valence-corrected chi connectivity index (χ3v) is 7.90. The van der Waals surface area contributed by atoms with Crippen LogP contribution >= 0.6 is 11.3 Å². The maximum atomic E-state index is 13.9. The zero-order valence-corrected chi connectivity index (χ0v) is 19.8. The molecule has 0 spiro atoms. The maximum absolute atomic E-state index is 13.9. The van der Waals surface area contributed by atoms with Crippen LogP contribution in [0.5, 0.6) is 0 Å². The summed E-state index contributed by atoms with van der Waals surface area (Å²) in [5.41, 5.74) is 0.828. The van der Waals surface area contributed by atoms with Gasteiger partial charge in [-0.15, -0.1) is 11.3 Å². The van der Waals surface area contributed by atoms with Gasteiger partial charge < -0.3 is 14.5 Å². The number of piperidine rings is 3. The number of ketones is 1. The highest BCUT2D eigenvalue weighted by Crippen LogP contribution is 2.35. The van der Waals surface area contributed by atoms with E-state index in [0.717, 1.165) is 25.9 Å². The lowest BCUT2D eigenvalue weighted by molar-refractivity contribution is -0.936. The minimum Gasteiger partial charge on any atom is -0.436 e. The number of carbonyl (C=O) groups excluding carboxylic acids is 2. The molecule has 3 saturated heterocycles. The summed E-state index contributed by atoms with van der Waals surface area (Å²) in [6, 6.07) is 11.4. The molecule has 3 aliphatic heterocycles. The van der Waals surface area contributed by atoms with E-state index in [9.17, 15) is 18.4 Å². The number of hydrogen-bond donors (Lipinski definition) is 1. The van der Waals surface area contributed by atoms with Crippen molar-refractivity contribution >= 4 is 23.2 Å². The Morgan fingerprint density at radius 3 is 2.31 bits per heavy atom. The van der Waals surface area contributed by atoms with Crippen LogP contribution in [-0.2, 0) is 4.74 Å². The number of rotatable bonds is 7. The van der Waals surface area contributed by atoms with Crippen molar-refractivity contribution in [3.8, 4) is 0 Å². The van der Waals surface area contributed by atoms with Crippen LogP contribution < -0.4 is 5.32 Å². The Morgan fingerprint density at radius 1 is 1.09 bits per heavy atom. The van der Waals surface area contributed by atoms with Gasteiger partial charge >= 0.3 is 6.09 Å².